The molecule has 0 atom stereocenters. The first-order valence-corrected chi connectivity index (χ1v) is 20.7. The Balaban J connectivity index is 1.17. The molecule has 0 spiro atoms. The second kappa shape index (κ2) is 18.1. The minimum atomic E-state index is 0.534. The van der Waals surface area contributed by atoms with Crippen molar-refractivity contribution in [3.63, 3.8) is 0 Å². The van der Waals surface area contributed by atoms with Gasteiger partial charge in [-0.3, -0.25) is 0 Å². The molecule has 0 bridgehead atoms. The van der Waals surface area contributed by atoms with Crippen LogP contribution in [0.2, 0.25) is 20.5 Å². The summed E-state index contributed by atoms with van der Waals surface area (Å²) in [6.07, 6.45) is 10.6. The first-order chi connectivity index (χ1) is 29.8. The number of aromatic nitrogens is 6. The number of oxazole rings is 2. The topological polar surface area (TPSA) is 95.7 Å². The van der Waals surface area contributed by atoms with Crippen molar-refractivity contribution >= 4 is 86.6 Å². The van der Waals surface area contributed by atoms with Gasteiger partial charge in [-0.15, -0.1) is 0 Å². The van der Waals surface area contributed by atoms with E-state index in [1.807, 2.05) is 113 Å². The zero-order valence-electron chi connectivity index (χ0n) is 35.5. The molecule has 4 aromatic carbocycles. The third kappa shape index (κ3) is 8.53. The van der Waals surface area contributed by atoms with E-state index in [0.29, 0.717) is 34.7 Å². The number of fused-ring (bicyclic) bond motifs is 2. The van der Waals surface area contributed by atoms with Gasteiger partial charge in [0.05, 0.1) is 0 Å². The number of hydrogen-bond acceptors (Lipinski definition) is 7. The summed E-state index contributed by atoms with van der Waals surface area (Å²) in [5, 5.41) is 0. The first kappa shape index (κ1) is 40.7. The first-order valence-electron chi connectivity index (χ1n) is 20.7. The fourth-order valence-electron chi connectivity index (χ4n) is 7.65. The summed E-state index contributed by atoms with van der Waals surface area (Å²) in [5.74, 6) is 7.14. The number of nitrogens with zero attached hydrogens (tertiary/aromatic N) is 6. The van der Waals surface area contributed by atoms with Crippen LogP contribution in [0, 0.1) is 6.92 Å². The SMILES string of the molecule is Bc1nc2cc(-n3c(C)c(/C=C\C=B/C)c(/C=C(C=C)/C(C)=C/C(=C\BC)c4nc5ccc(-c6nc(-c7ccccc7)nc(-c7ccccc7)n6)cc5o4)c3BC)ccc2o1. The number of allylic oxidation sites excluding steroid dienone is 6. The van der Waals surface area contributed by atoms with E-state index in [4.69, 9.17) is 28.8 Å². The van der Waals surface area contributed by atoms with Crippen molar-refractivity contribution < 1.29 is 8.83 Å². The third-order valence-corrected chi connectivity index (χ3v) is 10.6. The normalized spacial score (nSPS) is 12.5. The van der Waals surface area contributed by atoms with Gasteiger partial charge in [0.25, 0.3) is 0 Å². The molecule has 8 nitrogen and oxygen atoms in total. The predicted molar refractivity (Wildman–Crippen MR) is 262 cm³/mol. The van der Waals surface area contributed by atoms with Crippen LogP contribution >= 0.6 is 0 Å². The molecule has 61 heavy (non-hydrogen) atoms. The Morgan fingerprint density at radius 2 is 1.46 bits per heavy atom. The van der Waals surface area contributed by atoms with E-state index in [1.165, 1.54) is 5.59 Å². The van der Waals surface area contributed by atoms with Crippen LogP contribution in [0.4, 0.5) is 0 Å². The van der Waals surface area contributed by atoms with E-state index in [-0.39, 0.29) is 0 Å². The minimum absolute atomic E-state index is 0.534. The maximum atomic E-state index is 6.55. The Hall–Kier alpha value is -7.06. The molecule has 4 heterocycles. The summed E-state index contributed by atoms with van der Waals surface area (Å²) in [4.78, 5) is 24.3. The van der Waals surface area contributed by atoms with Gasteiger partial charge in [0.1, 0.15) is 5.52 Å². The quantitative estimate of drug-likeness (QED) is 0.0858. The molecule has 0 unspecified atom stereocenters. The molecular weight excluding hydrogens is 748 g/mol. The van der Waals surface area contributed by atoms with Crippen molar-refractivity contribution in [2.24, 2.45) is 0 Å². The molecule has 0 fully saturated rings. The molecule has 8 aromatic rings. The van der Waals surface area contributed by atoms with Crippen LogP contribution in [0.15, 0.2) is 148 Å². The predicted octanol–water partition coefficient (Wildman–Crippen LogP) is 8.23. The van der Waals surface area contributed by atoms with Gasteiger partial charge >= 0.3 is 215 Å². The van der Waals surface area contributed by atoms with E-state index < -0.39 is 0 Å². The molecule has 294 valence electrons. The molecule has 0 aliphatic carbocycles. The van der Waals surface area contributed by atoms with Gasteiger partial charge in [-0.25, -0.2) is 15.0 Å². The summed E-state index contributed by atoms with van der Waals surface area (Å²) < 4.78 is 14.7. The summed E-state index contributed by atoms with van der Waals surface area (Å²) in [6.45, 7) is 16.9. The summed E-state index contributed by atoms with van der Waals surface area (Å²) >= 11 is 0. The van der Waals surface area contributed by atoms with Crippen LogP contribution in [0.25, 0.3) is 79.8 Å². The zero-order chi connectivity index (χ0) is 42.5. The van der Waals surface area contributed by atoms with E-state index in [9.17, 15) is 0 Å². The molecule has 0 aliphatic heterocycles. The fourth-order valence-corrected chi connectivity index (χ4v) is 7.65. The molecule has 8 rings (SSSR count). The maximum absolute atomic E-state index is 6.55. The standard InChI is InChI=1S/C49H44B4N6O2/c1-7-32(26-39-38(19-14-24-51-4)31(3)59(44(39)53-6)37-21-23-42-41(28-37)55-49(50)61-42)30(2)25-36(29-52-5)48-54-40-22-20-35(27-43(40)60-48)47-57-45(33-15-10-8-11-16-33)56-46(58-47)34-17-12-9-13-18-34/h7-29,52-53H,1,50H2,2-6H3/b19-14-,30-25+,32-26+,36-29+. The summed E-state index contributed by atoms with van der Waals surface area (Å²) in [7, 11) is 3.48. The van der Waals surface area contributed by atoms with Crippen molar-refractivity contribution in [2.45, 2.75) is 34.3 Å². The zero-order valence-corrected chi connectivity index (χ0v) is 35.5. The molecule has 4 aromatic heterocycles. The second-order valence-corrected chi connectivity index (χ2v) is 14.8. The molecule has 12 heteroatoms. The van der Waals surface area contributed by atoms with Crippen LogP contribution in [0.5, 0.6) is 0 Å². The second-order valence-electron chi connectivity index (χ2n) is 14.8. The molecule has 0 aliphatic rings. The molecule has 0 saturated carbocycles. The Kier molecular flexibility index (Phi) is 12.0. The van der Waals surface area contributed by atoms with E-state index in [0.717, 1.165) is 87.1 Å². The van der Waals surface area contributed by atoms with Crippen LogP contribution < -0.4 is 11.4 Å². The number of rotatable bonds is 13. The molecule has 0 radical (unpaired) electrons. The number of hydrogen-bond donors (Lipinski definition) is 0. The molecular formula is C49H44B4N6O2. The number of benzene rings is 4. The molecule has 0 amide bonds. The average molecular weight is 792 g/mol. The van der Waals surface area contributed by atoms with Crippen LogP contribution in [-0.4, -0.2) is 64.8 Å². The Morgan fingerprint density at radius 1 is 0.770 bits per heavy atom. The Labute approximate surface area is 359 Å². The van der Waals surface area contributed by atoms with Gasteiger partial charge in [-0.2, -0.15) is 0 Å². The van der Waals surface area contributed by atoms with Crippen LogP contribution in [-0.2, 0) is 0 Å². The van der Waals surface area contributed by atoms with Gasteiger partial charge in [0, 0.05) is 16.7 Å². The van der Waals surface area contributed by atoms with Crippen molar-refractivity contribution in [1.29, 1.82) is 0 Å². The van der Waals surface area contributed by atoms with Gasteiger partial charge < -0.3 is 0 Å². The van der Waals surface area contributed by atoms with Crippen molar-refractivity contribution in [2.75, 3.05) is 0 Å². The van der Waals surface area contributed by atoms with E-state index in [1.54, 1.807) is 0 Å². The summed E-state index contributed by atoms with van der Waals surface area (Å²) in [6, 6.07) is 32.1. The van der Waals surface area contributed by atoms with E-state index >= 15 is 0 Å². The van der Waals surface area contributed by atoms with Crippen molar-refractivity contribution in [1.82, 2.24) is 29.5 Å². The monoisotopic (exact) mass is 792 g/mol. The fraction of sp³-hybridized carbons (Fsp3) is 0.102. The average Bonchev–Trinajstić information content (AvgIpc) is 3.97. The van der Waals surface area contributed by atoms with Gasteiger partial charge in [-0.1, -0.05) is 67.5 Å². The third-order valence-electron chi connectivity index (χ3n) is 10.6. The molecule has 0 N–H and O–H groups in total. The van der Waals surface area contributed by atoms with Gasteiger partial charge in [0.15, 0.2) is 23.1 Å². The van der Waals surface area contributed by atoms with Crippen LogP contribution in [0.3, 0.4) is 0 Å². The van der Waals surface area contributed by atoms with Gasteiger partial charge in [-0.05, 0) is 18.2 Å². The Morgan fingerprint density at radius 3 is 2.10 bits per heavy atom. The van der Waals surface area contributed by atoms with Gasteiger partial charge in [0.2, 0.25) is 0 Å². The summed E-state index contributed by atoms with van der Waals surface area (Å²) in [5.41, 5.74) is 14.2. The van der Waals surface area contributed by atoms with E-state index in [2.05, 4.69) is 92.0 Å². The van der Waals surface area contributed by atoms with Crippen molar-refractivity contribution in [3.05, 3.63) is 162 Å². The molecule has 0 saturated heterocycles. The van der Waals surface area contributed by atoms with Crippen molar-refractivity contribution in [3.8, 4) is 39.9 Å². The van der Waals surface area contributed by atoms with Crippen LogP contribution in [0.1, 0.15) is 29.6 Å². The Bertz CT molecular complexity index is 3010.